The predicted octanol–water partition coefficient (Wildman–Crippen LogP) is 2.64. The molecule has 0 fully saturated rings. The molecule has 3 rings (SSSR count). The van der Waals surface area contributed by atoms with Crippen LogP contribution in [0.4, 0.5) is 5.69 Å². The van der Waals surface area contributed by atoms with Gasteiger partial charge in [-0.25, -0.2) is 0 Å². The van der Waals surface area contributed by atoms with Gasteiger partial charge in [-0.15, -0.1) is 0 Å². The first-order valence-corrected chi connectivity index (χ1v) is 9.17. The number of likely N-dealkylation sites (N-methyl/N-ethyl adjacent to an activating group) is 1. The molecule has 0 aliphatic carbocycles. The van der Waals surface area contributed by atoms with Gasteiger partial charge in [0.2, 0.25) is 5.91 Å². The highest BCUT2D eigenvalue weighted by Crippen LogP contribution is 2.41. The van der Waals surface area contributed by atoms with Crippen LogP contribution in [-0.4, -0.2) is 27.1 Å². The third kappa shape index (κ3) is 2.78. The molecule has 0 saturated heterocycles. The zero-order valence-corrected chi connectivity index (χ0v) is 14.6. The lowest BCUT2D eigenvalue weighted by Crippen LogP contribution is -2.42. The Balaban J connectivity index is 1.91. The van der Waals surface area contributed by atoms with Crippen molar-refractivity contribution >= 4 is 21.7 Å². The fourth-order valence-corrected chi connectivity index (χ4v) is 4.54. The normalized spacial score (nSPS) is 20.1. The minimum atomic E-state index is -3.94. The summed E-state index contributed by atoms with van der Waals surface area (Å²) in [6.45, 7) is 3.55. The summed E-state index contributed by atoms with van der Waals surface area (Å²) in [5.74, 6) is -0.412. The highest BCUT2D eigenvalue weighted by Gasteiger charge is 2.49. The molecule has 6 heteroatoms. The van der Waals surface area contributed by atoms with Gasteiger partial charge in [0, 0.05) is 12.7 Å². The van der Waals surface area contributed by atoms with Gasteiger partial charge in [0.15, 0.2) is 0 Å². The van der Waals surface area contributed by atoms with Gasteiger partial charge in [0.25, 0.3) is 0 Å². The zero-order chi connectivity index (χ0) is 17.5. The van der Waals surface area contributed by atoms with Gasteiger partial charge in [0.1, 0.15) is 11.5 Å². The molecular weight excluding hydrogens is 326 g/mol. The van der Waals surface area contributed by atoms with Crippen molar-refractivity contribution in [1.82, 2.24) is 0 Å². The van der Waals surface area contributed by atoms with E-state index in [1.54, 1.807) is 50.4 Å². The van der Waals surface area contributed by atoms with E-state index in [9.17, 15) is 13.2 Å². The molecule has 2 aromatic rings. The summed E-state index contributed by atoms with van der Waals surface area (Å²) >= 11 is 0. The Morgan fingerprint density at radius 1 is 1.08 bits per heavy atom. The number of aryl methyl sites for hydroxylation is 1. The van der Waals surface area contributed by atoms with Gasteiger partial charge in [0.05, 0.1) is 5.41 Å². The minimum Gasteiger partial charge on any atom is -0.382 e. The molecule has 0 N–H and O–H groups in total. The third-order valence-electron chi connectivity index (χ3n) is 4.35. The Hall–Kier alpha value is -2.34. The highest BCUT2D eigenvalue weighted by atomic mass is 32.2. The molecule has 0 radical (unpaired) electrons. The summed E-state index contributed by atoms with van der Waals surface area (Å²) in [6.07, 6.45) is 0. The molecule has 0 spiro atoms. The Bertz CT molecular complexity index is 889. The predicted molar refractivity (Wildman–Crippen MR) is 92.8 cm³/mol. The van der Waals surface area contributed by atoms with Crippen molar-refractivity contribution in [3.8, 4) is 5.75 Å². The van der Waals surface area contributed by atoms with Crippen molar-refractivity contribution in [2.45, 2.75) is 19.3 Å². The highest BCUT2D eigenvalue weighted by molar-refractivity contribution is 7.87. The topological polar surface area (TPSA) is 63.7 Å². The van der Waals surface area contributed by atoms with Crippen LogP contribution in [0.25, 0.3) is 0 Å². The molecule has 1 aliphatic rings. The van der Waals surface area contributed by atoms with Crippen LogP contribution in [0.3, 0.4) is 0 Å². The quantitative estimate of drug-likeness (QED) is 0.799. The molecule has 1 heterocycles. The Kier molecular flexibility index (Phi) is 3.87. The lowest BCUT2D eigenvalue weighted by molar-refractivity contribution is -0.121. The molecule has 5 nitrogen and oxygen atoms in total. The first-order chi connectivity index (χ1) is 11.2. The Morgan fingerprint density at radius 2 is 1.71 bits per heavy atom. The average molecular weight is 345 g/mol. The number of nitrogens with zero attached hydrogens (tertiary/aromatic N) is 1. The summed E-state index contributed by atoms with van der Waals surface area (Å²) < 4.78 is 30.2. The number of fused-ring (bicyclic) bond motifs is 1. The number of benzene rings is 2. The van der Waals surface area contributed by atoms with Gasteiger partial charge in [-0.2, -0.15) is 8.42 Å². The summed E-state index contributed by atoms with van der Waals surface area (Å²) in [6, 6.07) is 14.0. The number of hydrogen-bond acceptors (Lipinski definition) is 4. The van der Waals surface area contributed by atoms with Crippen molar-refractivity contribution in [1.29, 1.82) is 0 Å². The maximum Gasteiger partial charge on any atom is 0.310 e. The van der Waals surface area contributed by atoms with E-state index in [-0.39, 0.29) is 11.7 Å². The number of hydrogen-bond donors (Lipinski definition) is 0. The van der Waals surface area contributed by atoms with Gasteiger partial charge in [-0.3, -0.25) is 4.79 Å². The lowest BCUT2D eigenvalue weighted by Gasteiger charge is -2.22. The second kappa shape index (κ2) is 5.63. The standard InChI is InChI=1S/C18H19NO4S/c1-13-8-10-14(11-9-13)23-24(21,22)12-18(2)15-6-4-5-7-16(15)19(3)17(18)20/h4-11H,12H2,1-3H3. The number of amides is 1. The third-order valence-corrected chi connectivity index (χ3v) is 5.72. The molecule has 1 atom stereocenters. The minimum absolute atomic E-state index is 0.247. The van der Waals surface area contributed by atoms with E-state index in [0.29, 0.717) is 5.56 Å². The first-order valence-electron chi connectivity index (χ1n) is 7.59. The van der Waals surface area contributed by atoms with Crippen molar-refractivity contribution in [2.24, 2.45) is 0 Å². The van der Waals surface area contributed by atoms with Crippen molar-refractivity contribution in [2.75, 3.05) is 17.7 Å². The largest absolute Gasteiger partial charge is 0.382 e. The van der Waals surface area contributed by atoms with Crippen LogP contribution < -0.4 is 9.08 Å². The molecular formula is C18H19NO4S. The molecule has 24 heavy (non-hydrogen) atoms. The van der Waals surface area contributed by atoms with E-state index in [1.165, 1.54) is 4.90 Å². The lowest BCUT2D eigenvalue weighted by atomic mass is 9.86. The SMILES string of the molecule is Cc1ccc(OS(=O)(=O)CC2(C)C(=O)N(C)c3ccccc32)cc1. The van der Waals surface area contributed by atoms with Gasteiger partial charge in [-0.1, -0.05) is 35.9 Å². The monoisotopic (exact) mass is 345 g/mol. The van der Waals surface area contributed by atoms with Crippen LogP contribution in [0.15, 0.2) is 48.5 Å². The van der Waals surface area contributed by atoms with Crippen LogP contribution in [-0.2, 0) is 20.3 Å². The van der Waals surface area contributed by atoms with Crippen LogP contribution in [0.1, 0.15) is 18.1 Å². The van der Waals surface area contributed by atoms with Gasteiger partial charge >= 0.3 is 10.1 Å². The number of anilines is 1. The van der Waals surface area contributed by atoms with Gasteiger partial charge in [-0.05, 0) is 37.6 Å². The maximum atomic E-state index is 12.7. The molecule has 2 aromatic carbocycles. The number of carbonyl (C=O) groups is 1. The fourth-order valence-electron chi connectivity index (χ4n) is 3.09. The number of para-hydroxylation sites is 1. The molecule has 126 valence electrons. The molecule has 1 aliphatic heterocycles. The van der Waals surface area contributed by atoms with Crippen LogP contribution >= 0.6 is 0 Å². The van der Waals surface area contributed by atoms with Crippen molar-refractivity contribution in [3.63, 3.8) is 0 Å². The van der Waals surface area contributed by atoms with Crippen molar-refractivity contribution < 1.29 is 17.4 Å². The Morgan fingerprint density at radius 3 is 2.38 bits per heavy atom. The van der Waals surface area contributed by atoms with Crippen LogP contribution in [0.2, 0.25) is 0 Å². The Labute approximate surface area is 142 Å². The average Bonchev–Trinajstić information content (AvgIpc) is 2.71. The van der Waals surface area contributed by atoms with E-state index in [1.807, 2.05) is 19.1 Å². The second-order valence-corrected chi connectivity index (χ2v) is 7.88. The summed E-state index contributed by atoms with van der Waals surface area (Å²) in [5, 5.41) is 0. The van der Waals surface area contributed by atoms with Crippen LogP contribution in [0.5, 0.6) is 5.75 Å². The maximum absolute atomic E-state index is 12.7. The molecule has 0 bridgehead atoms. The van der Waals surface area contributed by atoms with E-state index >= 15 is 0 Å². The van der Waals surface area contributed by atoms with E-state index in [0.717, 1.165) is 11.3 Å². The van der Waals surface area contributed by atoms with Crippen LogP contribution in [0, 0.1) is 6.92 Å². The fraction of sp³-hybridized carbons (Fsp3) is 0.278. The number of rotatable bonds is 4. The summed E-state index contributed by atoms with van der Waals surface area (Å²) in [5.41, 5.74) is 1.28. The van der Waals surface area contributed by atoms with E-state index < -0.39 is 21.3 Å². The van der Waals surface area contributed by atoms with E-state index in [4.69, 9.17) is 4.18 Å². The molecule has 0 aromatic heterocycles. The zero-order valence-electron chi connectivity index (χ0n) is 13.8. The smallest absolute Gasteiger partial charge is 0.310 e. The summed E-state index contributed by atoms with van der Waals surface area (Å²) in [4.78, 5) is 14.2. The van der Waals surface area contributed by atoms with Gasteiger partial charge < -0.3 is 9.08 Å². The molecule has 0 saturated carbocycles. The van der Waals surface area contributed by atoms with E-state index in [2.05, 4.69) is 0 Å². The van der Waals surface area contributed by atoms with Crippen molar-refractivity contribution in [3.05, 3.63) is 59.7 Å². The second-order valence-electron chi connectivity index (χ2n) is 6.31. The first kappa shape index (κ1) is 16.5. The number of carbonyl (C=O) groups excluding carboxylic acids is 1. The molecule has 1 amide bonds. The molecule has 1 unspecified atom stereocenters. The summed E-state index contributed by atoms with van der Waals surface area (Å²) in [7, 11) is -2.28.